The molecule has 2 N–H and O–H groups in total. The molecule has 0 spiro atoms. The van der Waals surface area contributed by atoms with E-state index < -0.39 is 22.3 Å². The number of thioether (sulfide) groups is 1. The predicted octanol–water partition coefficient (Wildman–Crippen LogP) is 4.55. The van der Waals surface area contributed by atoms with Gasteiger partial charge in [-0.3, -0.25) is 14.9 Å². The van der Waals surface area contributed by atoms with E-state index in [1.165, 1.54) is 24.8 Å². The molecule has 2 aromatic rings. The first-order valence-electron chi connectivity index (χ1n) is 9.46. The lowest BCUT2D eigenvalue weighted by Crippen LogP contribution is -2.42. The van der Waals surface area contributed by atoms with Crippen LogP contribution in [0.5, 0.6) is 0 Å². The number of rotatable bonds is 5. The van der Waals surface area contributed by atoms with E-state index in [1.807, 2.05) is 0 Å². The fourth-order valence-corrected chi connectivity index (χ4v) is 6.39. The van der Waals surface area contributed by atoms with Crippen molar-refractivity contribution in [3.8, 4) is 0 Å². The number of carbonyl (C=O) groups is 2. The molecule has 1 saturated carbocycles. The van der Waals surface area contributed by atoms with Crippen LogP contribution in [-0.4, -0.2) is 38.5 Å². The molecule has 5 atom stereocenters. The van der Waals surface area contributed by atoms with Crippen LogP contribution in [0.2, 0.25) is 0 Å². The summed E-state index contributed by atoms with van der Waals surface area (Å²) in [5.74, 6) is -1.61. The quantitative estimate of drug-likeness (QED) is 0.300. The summed E-state index contributed by atoms with van der Waals surface area (Å²) in [6.45, 7) is 1.48. The Morgan fingerprint density at radius 1 is 1.27 bits per heavy atom. The van der Waals surface area contributed by atoms with Crippen molar-refractivity contribution in [3.63, 3.8) is 0 Å². The van der Waals surface area contributed by atoms with Crippen LogP contribution in [0.3, 0.4) is 0 Å². The van der Waals surface area contributed by atoms with Crippen molar-refractivity contribution in [2.75, 3.05) is 5.32 Å². The van der Waals surface area contributed by atoms with E-state index in [4.69, 9.17) is 11.6 Å². The maximum Gasteiger partial charge on any atom is 0.326 e. The second kappa shape index (κ2) is 7.92. The minimum atomic E-state index is -0.966. The third-order valence-corrected chi connectivity index (χ3v) is 7.94. The summed E-state index contributed by atoms with van der Waals surface area (Å²) in [6, 6.07) is 10.8. The molecule has 0 amide bonds. The average molecular weight is 447 g/mol. The number of fused-ring (bicyclic) bond motifs is 3. The number of nitro groups is 1. The molecule has 1 fully saturated rings. The first-order valence-corrected chi connectivity index (χ1v) is 10.8. The second-order valence-corrected chi connectivity index (χ2v) is 9.35. The first-order chi connectivity index (χ1) is 14.3. The van der Waals surface area contributed by atoms with E-state index in [9.17, 15) is 24.8 Å². The monoisotopic (exact) mass is 446 g/mol. The summed E-state index contributed by atoms with van der Waals surface area (Å²) in [5.41, 5.74) is 2.04. The summed E-state index contributed by atoms with van der Waals surface area (Å²) in [5, 5.41) is 23.6. The molecule has 30 heavy (non-hydrogen) atoms. The number of hydrogen-bond acceptors (Lipinski definition) is 6. The maximum absolute atomic E-state index is 11.9. The van der Waals surface area contributed by atoms with E-state index in [0.29, 0.717) is 22.6 Å². The molecule has 0 radical (unpaired) electrons. The van der Waals surface area contributed by atoms with Crippen LogP contribution in [0.1, 0.15) is 35.2 Å². The fourth-order valence-electron chi connectivity index (χ4n) is 4.45. The number of ketones is 1. The van der Waals surface area contributed by atoms with Gasteiger partial charge in [0, 0.05) is 28.5 Å². The molecule has 0 unspecified atom stereocenters. The summed E-state index contributed by atoms with van der Waals surface area (Å²) in [4.78, 5) is 35.3. The largest absolute Gasteiger partial charge is 0.480 e. The molecule has 0 saturated heterocycles. The summed E-state index contributed by atoms with van der Waals surface area (Å²) < 4.78 is 0. The molecular formula is C21H19ClN2O5S. The van der Waals surface area contributed by atoms with Crippen LogP contribution >= 0.6 is 23.4 Å². The highest BCUT2D eigenvalue weighted by Gasteiger charge is 2.52. The molecular weight excluding hydrogens is 428 g/mol. The number of nitro benzene ring substituents is 1. The molecule has 0 aromatic heterocycles. The molecule has 7 nitrogen and oxygen atoms in total. The summed E-state index contributed by atoms with van der Waals surface area (Å²) in [7, 11) is 0. The van der Waals surface area contributed by atoms with Crippen LogP contribution in [0, 0.1) is 16.0 Å². The summed E-state index contributed by atoms with van der Waals surface area (Å²) in [6.07, 6.45) is 0.489. The Balaban J connectivity index is 1.72. The SMILES string of the molecule is CC(=O)c1ccc2c(c1)[C@H]1[C@H](Cl)[C@H](Sc3ccccc3[N+](=O)[O-])C[C@H]1[C@@H](C(=O)O)N2. The highest BCUT2D eigenvalue weighted by Crippen LogP contribution is 2.55. The highest BCUT2D eigenvalue weighted by atomic mass is 35.5. The van der Waals surface area contributed by atoms with Crippen molar-refractivity contribution in [1.29, 1.82) is 0 Å². The zero-order valence-electron chi connectivity index (χ0n) is 15.9. The van der Waals surface area contributed by atoms with Gasteiger partial charge in [-0.15, -0.1) is 23.4 Å². The number of anilines is 1. The Kier molecular flexibility index (Phi) is 5.46. The zero-order chi connectivity index (χ0) is 21.6. The standard InChI is InChI=1S/C21H19ClN2O5S/c1-10(25)11-6-7-14-12(8-11)18-13(20(23-14)21(26)27)9-17(19(18)22)30-16-5-3-2-4-15(16)24(28)29/h2-8,13,17-20,23H,9H2,1H3,(H,26,27)/t13-,17-,18-,19-,20+/m1/s1. The smallest absolute Gasteiger partial charge is 0.326 e. The van der Waals surface area contributed by atoms with Crippen molar-refractivity contribution in [3.05, 3.63) is 63.7 Å². The van der Waals surface area contributed by atoms with Gasteiger partial charge in [0.05, 0.1) is 15.2 Å². The van der Waals surface area contributed by atoms with Gasteiger partial charge in [0.25, 0.3) is 5.69 Å². The van der Waals surface area contributed by atoms with Gasteiger partial charge in [-0.05, 0) is 49.1 Å². The van der Waals surface area contributed by atoms with Crippen LogP contribution < -0.4 is 5.32 Å². The molecule has 2 aliphatic rings. The van der Waals surface area contributed by atoms with Crippen molar-refractivity contribution in [2.24, 2.45) is 5.92 Å². The third-order valence-electron chi connectivity index (χ3n) is 5.83. The minimum Gasteiger partial charge on any atom is -0.480 e. The van der Waals surface area contributed by atoms with Crippen molar-refractivity contribution in [2.45, 2.75) is 40.8 Å². The van der Waals surface area contributed by atoms with E-state index >= 15 is 0 Å². The number of halogens is 1. The number of carbonyl (C=O) groups excluding carboxylic acids is 1. The lowest BCUT2D eigenvalue weighted by Gasteiger charge is -2.36. The lowest BCUT2D eigenvalue weighted by molar-refractivity contribution is -0.387. The molecule has 2 aromatic carbocycles. The topological polar surface area (TPSA) is 110 Å². The number of Topliss-reactive ketones (excluding diaryl/α,β-unsaturated/α-hetero) is 1. The first kappa shape index (κ1) is 20.7. The molecule has 1 aliphatic heterocycles. The predicted molar refractivity (Wildman–Crippen MR) is 115 cm³/mol. The Labute approximate surface area is 182 Å². The fraction of sp³-hybridized carbons (Fsp3) is 0.333. The molecule has 1 heterocycles. The van der Waals surface area contributed by atoms with Crippen LogP contribution in [0.4, 0.5) is 11.4 Å². The normalized spacial score (nSPS) is 26.9. The van der Waals surface area contributed by atoms with E-state index in [0.717, 1.165) is 5.56 Å². The highest BCUT2D eigenvalue weighted by molar-refractivity contribution is 8.00. The Hall–Kier alpha value is -2.58. The van der Waals surface area contributed by atoms with Gasteiger partial charge in [0.1, 0.15) is 6.04 Å². The van der Waals surface area contributed by atoms with Crippen molar-refractivity contribution >= 4 is 46.5 Å². The zero-order valence-corrected chi connectivity index (χ0v) is 17.5. The van der Waals surface area contributed by atoms with Gasteiger partial charge in [0.15, 0.2) is 5.78 Å². The van der Waals surface area contributed by atoms with Crippen LogP contribution in [0.15, 0.2) is 47.4 Å². The van der Waals surface area contributed by atoms with Gasteiger partial charge in [-0.2, -0.15) is 0 Å². The Morgan fingerprint density at radius 2 is 2.00 bits per heavy atom. The van der Waals surface area contributed by atoms with E-state index in [1.54, 1.807) is 36.4 Å². The molecule has 156 valence electrons. The Morgan fingerprint density at radius 3 is 2.67 bits per heavy atom. The number of aliphatic carboxylic acids is 1. The van der Waals surface area contributed by atoms with Gasteiger partial charge in [-0.25, -0.2) is 4.79 Å². The second-order valence-electron chi connectivity index (χ2n) is 7.57. The van der Waals surface area contributed by atoms with Gasteiger partial charge in [0.2, 0.25) is 0 Å². The molecule has 9 heteroatoms. The number of carboxylic acids is 1. The Bertz CT molecular complexity index is 1050. The number of carboxylic acid groups (broad SMARTS) is 1. The summed E-state index contributed by atoms with van der Waals surface area (Å²) >= 11 is 8.18. The molecule has 0 bridgehead atoms. The van der Waals surface area contributed by atoms with E-state index in [2.05, 4.69) is 5.32 Å². The number of hydrogen-bond donors (Lipinski definition) is 2. The third kappa shape index (κ3) is 3.54. The maximum atomic E-state index is 11.9. The molecule has 4 rings (SSSR count). The van der Waals surface area contributed by atoms with Crippen LogP contribution in [0.25, 0.3) is 0 Å². The number of alkyl halides is 1. The molecule has 1 aliphatic carbocycles. The number of para-hydroxylation sites is 1. The van der Waals surface area contributed by atoms with Crippen molar-refractivity contribution in [1.82, 2.24) is 0 Å². The number of nitrogens with zero attached hydrogens (tertiary/aromatic N) is 1. The number of nitrogens with one attached hydrogen (secondary N) is 1. The van der Waals surface area contributed by atoms with Gasteiger partial charge >= 0.3 is 5.97 Å². The van der Waals surface area contributed by atoms with Crippen molar-refractivity contribution < 1.29 is 19.6 Å². The minimum absolute atomic E-state index is 0.00779. The van der Waals surface area contributed by atoms with Crippen LogP contribution in [-0.2, 0) is 4.79 Å². The average Bonchev–Trinajstić information content (AvgIpc) is 3.03. The van der Waals surface area contributed by atoms with Gasteiger partial charge < -0.3 is 10.4 Å². The number of benzene rings is 2. The lowest BCUT2D eigenvalue weighted by atomic mass is 9.79. The van der Waals surface area contributed by atoms with E-state index in [-0.39, 0.29) is 28.6 Å². The van der Waals surface area contributed by atoms with Gasteiger partial charge in [-0.1, -0.05) is 12.1 Å².